The zero-order valence-electron chi connectivity index (χ0n) is 17.6. The first-order valence-corrected chi connectivity index (χ1v) is 11.9. The second kappa shape index (κ2) is 9.60. The maximum atomic E-state index is 12.8. The second-order valence-corrected chi connectivity index (χ2v) is 9.16. The van der Waals surface area contributed by atoms with Crippen molar-refractivity contribution in [1.29, 1.82) is 0 Å². The summed E-state index contributed by atoms with van der Waals surface area (Å²) in [6.07, 6.45) is 0. The summed E-state index contributed by atoms with van der Waals surface area (Å²) in [4.78, 5) is 12.6. The topological polar surface area (TPSA) is 103 Å². The quantitative estimate of drug-likeness (QED) is 0.492. The third kappa shape index (κ3) is 5.32. The standard InChI is InChI=1S/C23H21ClN2O6S/c1-2-30-17-6-4-16(5-7-17)26-33(28,29)18-8-9-20(24)19(12-18)23(27)25-13-15-3-10-21-22(11-15)32-14-31-21/h3-12,26H,2,13-14H2,1H3,(H,25,27). The molecule has 0 aromatic heterocycles. The van der Waals surface area contributed by atoms with Crippen molar-refractivity contribution in [3.8, 4) is 17.2 Å². The van der Waals surface area contributed by atoms with E-state index in [0.717, 1.165) is 5.56 Å². The fourth-order valence-electron chi connectivity index (χ4n) is 3.17. The van der Waals surface area contributed by atoms with Crippen molar-refractivity contribution in [3.05, 3.63) is 76.8 Å². The number of sulfonamides is 1. The number of nitrogens with one attached hydrogen (secondary N) is 2. The molecule has 8 nitrogen and oxygen atoms in total. The van der Waals surface area contributed by atoms with E-state index in [1.165, 1.54) is 18.2 Å². The van der Waals surface area contributed by atoms with Gasteiger partial charge in [0.05, 0.1) is 22.1 Å². The minimum absolute atomic E-state index is 0.0481. The van der Waals surface area contributed by atoms with Gasteiger partial charge < -0.3 is 19.5 Å². The van der Waals surface area contributed by atoms with Crippen LogP contribution in [-0.4, -0.2) is 27.7 Å². The number of hydrogen-bond donors (Lipinski definition) is 2. The fraction of sp³-hybridized carbons (Fsp3) is 0.174. The largest absolute Gasteiger partial charge is 0.494 e. The summed E-state index contributed by atoms with van der Waals surface area (Å²) in [6.45, 7) is 2.73. The lowest BCUT2D eigenvalue weighted by atomic mass is 10.1. The highest BCUT2D eigenvalue weighted by atomic mass is 35.5. The summed E-state index contributed by atoms with van der Waals surface area (Å²) in [7, 11) is -3.95. The monoisotopic (exact) mass is 488 g/mol. The van der Waals surface area contributed by atoms with E-state index in [0.29, 0.717) is 29.5 Å². The highest BCUT2D eigenvalue weighted by Gasteiger charge is 2.20. The molecule has 3 aromatic carbocycles. The molecule has 1 aliphatic rings. The maximum Gasteiger partial charge on any atom is 0.261 e. The Hall–Kier alpha value is -3.43. The molecule has 0 spiro atoms. The predicted octanol–water partition coefficient (Wildman–Crippen LogP) is 4.20. The molecule has 4 rings (SSSR count). The number of halogens is 1. The van der Waals surface area contributed by atoms with Crippen LogP contribution in [-0.2, 0) is 16.6 Å². The smallest absolute Gasteiger partial charge is 0.261 e. The molecular formula is C23H21ClN2O6S. The Balaban J connectivity index is 1.47. The van der Waals surface area contributed by atoms with E-state index >= 15 is 0 Å². The van der Waals surface area contributed by atoms with Gasteiger partial charge in [0, 0.05) is 12.2 Å². The molecule has 10 heteroatoms. The number of rotatable bonds is 8. The van der Waals surface area contributed by atoms with Crippen LogP contribution >= 0.6 is 11.6 Å². The molecule has 0 aliphatic carbocycles. The number of amides is 1. The first-order chi connectivity index (χ1) is 15.9. The van der Waals surface area contributed by atoms with E-state index in [-0.39, 0.29) is 28.8 Å². The number of fused-ring (bicyclic) bond motifs is 1. The van der Waals surface area contributed by atoms with Gasteiger partial charge in [0.2, 0.25) is 6.79 Å². The van der Waals surface area contributed by atoms with Gasteiger partial charge in [0.1, 0.15) is 5.75 Å². The molecule has 0 saturated carbocycles. The minimum atomic E-state index is -3.95. The van der Waals surface area contributed by atoms with Gasteiger partial charge in [-0.05, 0) is 67.1 Å². The van der Waals surface area contributed by atoms with Gasteiger partial charge in [0.15, 0.2) is 11.5 Å². The summed E-state index contributed by atoms with van der Waals surface area (Å²) in [5.74, 6) is 1.38. The Labute approximate surface area is 196 Å². The van der Waals surface area contributed by atoms with Crippen molar-refractivity contribution in [3.63, 3.8) is 0 Å². The first kappa shape index (κ1) is 22.8. The first-order valence-electron chi connectivity index (χ1n) is 10.1. The van der Waals surface area contributed by atoms with E-state index in [1.807, 2.05) is 6.92 Å². The summed E-state index contributed by atoms with van der Waals surface area (Å²) < 4.78 is 44.1. The molecule has 33 heavy (non-hydrogen) atoms. The number of benzene rings is 3. The number of carbonyl (C=O) groups is 1. The molecule has 1 heterocycles. The van der Waals surface area contributed by atoms with Crippen LogP contribution in [0.15, 0.2) is 65.6 Å². The van der Waals surface area contributed by atoms with Crippen molar-refractivity contribution < 1.29 is 27.4 Å². The lowest BCUT2D eigenvalue weighted by Gasteiger charge is -2.12. The molecule has 1 amide bonds. The van der Waals surface area contributed by atoms with Crippen molar-refractivity contribution in [2.24, 2.45) is 0 Å². The van der Waals surface area contributed by atoms with Crippen molar-refractivity contribution >= 4 is 33.2 Å². The average molecular weight is 489 g/mol. The van der Waals surface area contributed by atoms with Crippen molar-refractivity contribution in [1.82, 2.24) is 5.32 Å². The predicted molar refractivity (Wildman–Crippen MR) is 124 cm³/mol. The summed E-state index contributed by atoms with van der Waals surface area (Å²) >= 11 is 6.18. The third-order valence-electron chi connectivity index (χ3n) is 4.80. The molecule has 0 bridgehead atoms. The molecule has 0 unspecified atom stereocenters. The average Bonchev–Trinajstić information content (AvgIpc) is 3.27. The highest BCUT2D eigenvalue weighted by Crippen LogP contribution is 2.32. The molecule has 0 atom stereocenters. The van der Waals surface area contributed by atoms with E-state index in [9.17, 15) is 13.2 Å². The molecule has 172 valence electrons. The molecule has 0 saturated heterocycles. The van der Waals surface area contributed by atoms with Gasteiger partial charge in [-0.15, -0.1) is 0 Å². The van der Waals surface area contributed by atoms with Crippen LogP contribution in [0.25, 0.3) is 0 Å². The Morgan fingerprint density at radius 2 is 1.79 bits per heavy atom. The Kier molecular flexibility index (Phi) is 6.62. The van der Waals surface area contributed by atoms with Crippen molar-refractivity contribution in [2.45, 2.75) is 18.4 Å². The van der Waals surface area contributed by atoms with Gasteiger partial charge in [-0.1, -0.05) is 17.7 Å². The van der Waals surface area contributed by atoms with Crippen LogP contribution in [0.5, 0.6) is 17.2 Å². The zero-order chi connectivity index (χ0) is 23.4. The summed E-state index contributed by atoms with van der Waals surface area (Å²) in [5, 5.41) is 2.88. The van der Waals surface area contributed by atoms with Crippen LogP contribution in [0.4, 0.5) is 5.69 Å². The SMILES string of the molecule is CCOc1ccc(NS(=O)(=O)c2ccc(Cl)c(C(=O)NCc3ccc4c(c3)OCO4)c2)cc1. The number of hydrogen-bond acceptors (Lipinski definition) is 6. The Morgan fingerprint density at radius 1 is 1.03 bits per heavy atom. The highest BCUT2D eigenvalue weighted by molar-refractivity contribution is 7.92. The van der Waals surface area contributed by atoms with E-state index in [2.05, 4.69) is 10.0 Å². The molecule has 0 fully saturated rings. The normalized spacial score (nSPS) is 12.3. The molecule has 0 radical (unpaired) electrons. The zero-order valence-corrected chi connectivity index (χ0v) is 19.2. The number of carbonyl (C=O) groups excluding carboxylic acids is 1. The van der Waals surface area contributed by atoms with Crippen LogP contribution in [0, 0.1) is 0 Å². The van der Waals surface area contributed by atoms with Gasteiger partial charge in [-0.25, -0.2) is 8.42 Å². The van der Waals surface area contributed by atoms with E-state index in [1.54, 1.807) is 42.5 Å². The minimum Gasteiger partial charge on any atom is -0.494 e. The lowest BCUT2D eigenvalue weighted by molar-refractivity contribution is 0.0950. The Bertz CT molecular complexity index is 1280. The molecule has 1 aliphatic heterocycles. The van der Waals surface area contributed by atoms with Crippen LogP contribution in [0.2, 0.25) is 5.02 Å². The molecule has 2 N–H and O–H groups in total. The van der Waals surface area contributed by atoms with E-state index < -0.39 is 15.9 Å². The fourth-order valence-corrected chi connectivity index (χ4v) is 4.46. The summed E-state index contributed by atoms with van der Waals surface area (Å²) in [5.41, 5.74) is 1.21. The van der Waals surface area contributed by atoms with Gasteiger partial charge in [-0.3, -0.25) is 9.52 Å². The van der Waals surface area contributed by atoms with Crippen LogP contribution in [0.1, 0.15) is 22.8 Å². The molecule has 3 aromatic rings. The molecular weight excluding hydrogens is 468 g/mol. The van der Waals surface area contributed by atoms with Gasteiger partial charge in [0.25, 0.3) is 15.9 Å². The van der Waals surface area contributed by atoms with Crippen molar-refractivity contribution in [2.75, 3.05) is 18.1 Å². The third-order valence-corrected chi connectivity index (χ3v) is 6.51. The Morgan fingerprint density at radius 3 is 2.55 bits per heavy atom. The maximum absolute atomic E-state index is 12.8. The number of ether oxygens (including phenoxy) is 3. The van der Waals surface area contributed by atoms with Crippen LogP contribution < -0.4 is 24.2 Å². The van der Waals surface area contributed by atoms with Gasteiger partial charge >= 0.3 is 0 Å². The van der Waals surface area contributed by atoms with Crippen LogP contribution in [0.3, 0.4) is 0 Å². The number of anilines is 1. The lowest BCUT2D eigenvalue weighted by Crippen LogP contribution is -2.23. The van der Waals surface area contributed by atoms with E-state index in [4.69, 9.17) is 25.8 Å². The summed E-state index contributed by atoms with van der Waals surface area (Å²) in [6, 6.07) is 15.8. The van der Waals surface area contributed by atoms with Gasteiger partial charge in [-0.2, -0.15) is 0 Å². The second-order valence-electron chi connectivity index (χ2n) is 7.07.